The predicted molar refractivity (Wildman–Crippen MR) is 192 cm³/mol. The smallest absolute Gasteiger partial charge is 0.315 e. The zero-order valence-corrected chi connectivity index (χ0v) is 31.7. The van der Waals surface area contributed by atoms with Crippen molar-refractivity contribution in [2.24, 2.45) is 17.3 Å². The standard InChI is InChI=1S/C37H60N6O7S/c1-36(2)25-23-43-30(29(25)36)32(45)39-26(31(44)33(46)38-24-17-18-24)15-11-8-6-4-5-7-9-12-16-27(34(43)47)40-35(48)41-37(20-13-10-14-21-37)28-19-22-42(3)51(28,49)50/h24-30H,4-23H2,1-3H3,(H,38,46)(H,39,45)(H2,40,41,48)/t25-,26+,27+,28+,29-,30-/m0/s1. The number of hydrogen-bond donors (Lipinski definition) is 4. The van der Waals surface area contributed by atoms with Crippen LogP contribution in [0.3, 0.4) is 0 Å². The molecule has 0 bridgehead atoms. The van der Waals surface area contributed by atoms with E-state index in [1.807, 2.05) is 0 Å². The summed E-state index contributed by atoms with van der Waals surface area (Å²) in [4.78, 5) is 70.5. The highest BCUT2D eigenvalue weighted by Crippen LogP contribution is 2.65. The number of fused-ring (bicyclic) bond motifs is 3. The zero-order valence-electron chi connectivity index (χ0n) is 30.8. The van der Waals surface area contributed by atoms with Gasteiger partial charge in [-0.2, -0.15) is 0 Å². The van der Waals surface area contributed by atoms with E-state index in [2.05, 4.69) is 35.1 Å². The molecule has 3 heterocycles. The fourth-order valence-electron chi connectivity index (χ4n) is 9.68. The number of nitrogens with zero attached hydrogens (tertiary/aromatic N) is 2. The Bertz CT molecular complexity index is 1460. The highest BCUT2D eigenvalue weighted by Gasteiger charge is 2.69. The number of carbonyl (C=O) groups is 5. The first-order valence-corrected chi connectivity index (χ1v) is 21.3. The summed E-state index contributed by atoms with van der Waals surface area (Å²) in [7, 11) is -2.00. The maximum absolute atomic E-state index is 14.5. The first-order valence-electron chi connectivity index (χ1n) is 19.8. The molecule has 6 atom stereocenters. The average Bonchev–Trinajstić information content (AvgIpc) is 3.89. The fourth-order valence-corrected chi connectivity index (χ4v) is 11.7. The second kappa shape index (κ2) is 15.3. The van der Waals surface area contributed by atoms with Crippen LogP contribution < -0.4 is 21.3 Å². The van der Waals surface area contributed by atoms with E-state index in [1.165, 1.54) is 4.31 Å². The highest BCUT2D eigenvalue weighted by molar-refractivity contribution is 7.90. The van der Waals surface area contributed by atoms with Gasteiger partial charge >= 0.3 is 6.03 Å². The number of Topliss-reactive ketones (excluding diaryl/α,β-unsaturated/α-hetero) is 1. The minimum absolute atomic E-state index is 0.0155. The van der Waals surface area contributed by atoms with E-state index in [1.54, 1.807) is 11.9 Å². The molecule has 3 aliphatic heterocycles. The largest absolute Gasteiger partial charge is 0.347 e. The number of nitrogens with one attached hydrogen (secondary N) is 4. The van der Waals surface area contributed by atoms with Gasteiger partial charge in [0.25, 0.3) is 5.91 Å². The van der Waals surface area contributed by atoms with Crippen LogP contribution in [-0.2, 0) is 29.2 Å². The van der Waals surface area contributed by atoms with Crippen LogP contribution >= 0.6 is 0 Å². The maximum Gasteiger partial charge on any atom is 0.315 e. The van der Waals surface area contributed by atoms with Gasteiger partial charge in [0.2, 0.25) is 27.6 Å². The van der Waals surface area contributed by atoms with Gasteiger partial charge in [0.05, 0.1) is 16.8 Å². The molecule has 0 aromatic rings. The summed E-state index contributed by atoms with van der Waals surface area (Å²) in [6.45, 7) is 4.96. The molecule has 51 heavy (non-hydrogen) atoms. The second-order valence-electron chi connectivity index (χ2n) is 17.0. The summed E-state index contributed by atoms with van der Waals surface area (Å²) in [6.07, 6.45) is 13.9. The van der Waals surface area contributed by atoms with Crippen LogP contribution in [0.15, 0.2) is 0 Å². The van der Waals surface area contributed by atoms with E-state index in [9.17, 15) is 32.4 Å². The van der Waals surface area contributed by atoms with Crippen molar-refractivity contribution in [1.29, 1.82) is 0 Å². The number of hydrogen-bond acceptors (Lipinski definition) is 7. The maximum atomic E-state index is 14.5. The molecule has 5 amide bonds. The Balaban J connectivity index is 1.22. The lowest BCUT2D eigenvalue weighted by molar-refractivity contribution is -0.144. The number of amides is 5. The summed E-state index contributed by atoms with van der Waals surface area (Å²) in [5.74, 6) is -2.08. The van der Waals surface area contributed by atoms with E-state index in [-0.39, 0.29) is 29.2 Å². The van der Waals surface area contributed by atoms with E-state index >= 15 is 0 Å². The van der Waals surface area contributed by atoms with E-state index in [0.29, 0.717) is 51.6 Å². The topological polar surface area (TPSA) is 174 Å². The van der Waals surface area contributed by atoms with Crippen molar-refractivity contribution in [2.75, 3.05) is 20.1 Å². The third-order valence-corrected chi connectivity index (χ3v) is 15.6. The molecule has 3 saturated carbocycles. The molecule has 0 aromatic heterocycles. The SMILES string of the molecule is CN1CC[C@H](C2(NC(=O)N[C@@H]3CCCCCCCCCC[C@H](C(=O)C(=O)NC4CC4)NC(=O)[C@@H]4[C@@H]5[C@H](CN4C3=O)C5(C)C)CCCCC2)S1(=O)=O. The first kappa shape index (κ1) is 38.0. The van der Waals surface area contributed by atoms with Crippen LogP contribution in [-0.4, -0.2) is 102 Å². The Labute approximate surface area is 303 Å². The van der Waals surface area contributed by atoms with Crippen molar-refractivity contribution in [3.05, 3.63) is 0 Å². The van der Waals surface area contributed by atoms with Gasteiger partial charge in [-0.25, -0.2) is 17.5 Å². The lowest BCUT2D eigenvalue weighted by atomic mass is 9.78. The second-order valence-corrected chi connectivity index (χ2v) is 19.2. The molecule has 6 aliphatic rings. The molecule has 13 nitrogen and oxygen atoms in total. The van der Waals surface area contributed by atoms with Gasteiger partial charge < -0.3 is 26.2 Å². The van der Waals surface area contributed by atoms with Crippen LogP contribution in [0.1, 0.15) is 129 Å². The first-order chi connectivity index (χ1) is 24.3. The van der Waals surface area contributed by atoms with Crippen molar-refractivity contribution < 1.29 is 32.4 Å². The number of piperidine rings is 1. The Morgan fingerprint density at radius 3 is 2.02 bits per heavy atom. The summed E-state index contributed by atoms with van der Waals surface area (Å²) in [5.41, 5.74) is -1.09. The van der Waals surface area contributed by atoms with Gasteiger partial charge in [0.1, 0.15) is 12.1 Å². The van der Waals surface area contributed by atoms with E-state index in [0.717, 1.165) is 77.0 Å². The molecule has 3 aliphatic carbocycles. The highest BCUT2D eigenvalue weighted by atomic mass is 32.2. The summed E-state index contributed by atoms with van der Waals surface area (Å²) < 4.78 is 28.1. The normalized spacial score (nSPS) is 34.3. The monoisotopic (exact) mass is 732 g/mol. The Morgan fingerprint density at radius 1 is 0.804 bits per heavy atom. The molecule has 4 N–H and O–H groups in total. The van der Waals surface area contributed by atoms with E-state index in [4.69, 9.17) is 0 Å². The zero-order chi connectivity index (χ0) is 36.6. The van der Waals surface area contributed by atoms with Crippen molar-refractivity contribution in [1.82, 2.24) is 30.5 Å². The van der Waals surface area contributed by atoms with Crippen LogP contribution in [0.4, 0.5) is 4.79 Å². The Kier molecular flexibility index (Phi) is 11.4. The number of ketones is 1. The van der Waals surface area contributed by atoms with Gasteiger partial charge in [-0.1, -0.05) is 84.5 Å². The van der Waals surface area contributed by atoms with Crippen molar-refractivity contribution in [3.63, 3.8) is 0 Å². The van der Waals surface area contributed by atoms with Crippen LogP contribution in [0, 0.1) is 17.3 Å². The number of sulfonamides is 1. The molecule has 0 unspecified atom stereocenters. The molecular formula is C37H60N6O7S. The van der Waals surface area contributed by atoms with Gasteiger partial charge in [0, 0.05) is 26.2 Å². The molecule has 14 heteroatoms. The molecule has 3 saturated heterocycles. The van der Waals surface area contributed by atoms with Crippen molar-refractivity contribution in [2.45, 2.75) is 164 Å². The predicted octanol–water partition coefficient (Wildman–Crippen LogP) is 3.12. The average molecular weight is 733 g/mol. The minimum atomic E-state index is -3.58. The minimum Gasteiger partial charge on any atom is -0.347 e. The molecule has 0 spiro atoms. The quantitative estimate of drug-likeness (QED) is 0.304. The molecule has 286 valence electrons. The number of urea groups is 1. The molecule has 6 fully saturated rings. The number of rotatable bonds is 6. The molecule has 0 aromatic carbocycles. The Hall–Kier alpha value is -2.74. The fraction of sp³-hybridized carbons (Fsp3) is 0.865. The van der Waals surface area contributed by atoms with Crippen LogP contribution in [0.25, 0.3) is 0 Å². The molecular weight excluding hydrogens is 673 g/mol. The summed E-state index contributed by atoms with van der Waals surface area (Å²) >= 11 is 0. The molecule has 0 radical (unpaired) electrons. The summed E-state index contributed by atoms with van der Waals surface area (Å²) in [6, 6.07) is -3.24. The van der Waals surface area contributed by atoms with Gasteiger partial charge in [0.15, 0.2) is 0 Å². The lowest BCUT2D eigenvalue weighted by Crippen LogP contribution is -2.63. The summed E-state index contributed by atoms with van der Waals surface area (Å²) in [5, 5.41) is 11.1. The lowest BCUT2D eigenvalue weighted by Gasteiger charge is -2.42. The van der Waals surface area contributed by atoms with Gasteiger partial charge in [-0.05, 0) is 62.2 Å². The van der Waals surface area contributed by atoms with Gasteiger partial charge in [-0.3, -0.25) is 19.2 Å². The molecule has 6 rings (SSSR count). The Morgan fingerprint density at radius 2 is 1.41 bits per heavy atom. The number of carbonyl (C=O) groups excluding carboxylic acids is 5. The van der Waals surface area contributed by atoms with Crippen molar-refractivity contribution >= 4 is 39.6 Å². The van der Waals surface area contributed by atoms with Gasteiger partial charge in [-0.15, -0.1) is 0 Å². The van der Waals surface area contributed by atoms with Crippen molar-refractivity contribution in [3.8, 4) is 0 Å². The van der Waals surface area contributed by atoms with E-state index < -0.39 is 62.6 Å². The third-order valence-electron chi connectivity index (χ3n) is 13.1. The third kappa shape index (κ3) is 8.11. The van der Waals surface area contributed by atoms with Crippen LogP contribution in [0.5, 0.6) is 0 Å². The van der Waals surface area contributed by atoms with Crippen LogP contribution in [0.2, 0.25) is 0 Å².